The van der Waals surface area contributed by atoms with Crippen molar-refractivity contribution in [2.24, 2.45) is 0 Å². The minimum atomic E-state index is -0.178. The van der Waals surface area contributed by atoms with Crippen molar-refractivity contribution in [3.63, 3.8) is 0 Å². The summed E-state index contributed by atoms with van der Waals surface area (Å²) in [4.78, 5) is 14.4. The monoisotopic (exact) mass is 297 g/mol. The molecule has 0 bridgehead atoms. The lowest BCUT2D eigenvalue weighted by atomic mass is 10.2. The largest absolute Gasteiger partial charge is 0.349 e. The van der Waals surface area contributed by atoms with Crippen LogP contribution in [0.2, 0.25) is 10.2 Å². The van der Waals surface area contributed by atoms with Crippen LogP contribution in [0, 0.1) is 0 Å². The van der Waals surface area contributed by atoms with Crippen LogP contribution in [0.25, 0.3) is 0 Å². The van der Waals surface area contributed by atoms with Gasteiger partial charge in [-0.1, -0.05) is 23.2 Å². The molecule has 2 heterocycles. The zero-order valence-electron chi connectivity index (χ0n) is 9.06. The van der Waals surface area contributed by atoms with Gasteiger partial charge in [-0.25, -0.2) is 0 Å². The minimum absolute atomic E-state index is 0. The molecule has 1 aliphatic rings. The van der Waals surface area contributed by atoms with Crippen molar-refractivity contribution in [2.75, 3.05) is 13.1 Å². The van der Waals surface area contributed by atoms with Crippen LogP contribution in [-0.4, -0.2) is 30.0 Å². The second-order valence-corrected chi connectivity index (χ2v) is 4.63. The van der Waals surface area contributed by atoms with E-state index in [0.29, 0.717) is 28.5 Å². The first kappa shape index (κ1) is 14.6. The summed E-state index contributed by atoms with van der Waals surface area (Å²) < 4.78 is 0. The van der Waals surface area contributed by atoms with E-state index in [4.69, 9.17) is 23.2 Å². The van der Waals surface area contributed by atoms with Gasteiger partial charge < -0.3 is 15.6 Å². The molecule has 1 amide bonds. The highest BCUT2D eigenvalue weighted by atomic mass is 35.5. The molecule has 7 heteroatoms. The topological polar surface area (TPSA) is 56.9 Å². The number of hydrogen-bond donors (Lipinski definition) is 3. The van der Waals surface area contributed by atoms with Crippen LogP contribution in [0.4, 0.5) is 0 Å². The Hall–Kier alpha value is -0.420. The molecule has 1 aromatic heterocycles. The molecular weight excluding hydrogens is 284 g/mol. The summed E-state index contributed by atoms with van der Waals surface area (Å²) in [5.74, 6) is -0.178. The highest BCUT2D eigenvalue weighted by Gasteiger charge is 2.16. The Kier molecular flexibility index (Phi) is 5.59. The van der Waals surface area contributed by atoms with Crippen molar-refractivity contribution in [3.05, 3.63) is 21.9 Å². The quantitative estimate of drug-likeness (QED) is 0.801. The molecule has 96 valence electrons. The van der Waals surface area contributed by atoms with Crippen LogP contribution in [0.3, 0.4) is 0 Å². The van der Waals surface area contributed by atoms with Gasteiger partial charge in [0.1, 0.15) is 10.8 Å². The molecule has 2 rings (SSSR count). The smallest absolute Gasteiger partial charge is 0.267 e. The number of amides is 1. The van der Waals surface area contributed by atoms with E-state index in [1.807, 2.05) is 0 Å². The van der Waals surface area contributed by atoms with E-state index in [9.17, 15) is 4.79 Å². The van der Waals surface area contributed by atoms with Gasteiger partial charge in [0.15, 0.2) is 0 Å². The fourth-order valence-electron chi connectivity index (χ4n) is 1.77. The van der Waals surface area contributed by atoms with Gasteiger partial charge in [0.25, 0.3) is 5.91 Å². The van der Waals surface area contributed by atoms with Crippen LogP contribution in [-0.2, 0) is 0 Å². The zero-order valence-corrected chi connectivity index (χ0v) is 11.4. The predicted octanol–water partition coefficient (Wildman–Crippen LogP) is 2.23. The molecule has 1 fully saturated rings. The van der Waals surface area contributed by atoms with Gasteiger partial charge in [-0.15, -0.1) is 12.4 Å². The molecule has 1 saturated heterocycles. The summed E-state index contributed by atoms with van der Waals surface area (Å²) in [5, 5.41) is 6.80. The molecule has 1 aromatic rings. The summed E-state index contributed by atoms with van der Waals surface area (Å²) in [6.07, 6.45) is 2.27. The maximum Gasteiger partial charge on any atom is 0.267 e. The molecule has 17 heavy (non-hydrogen) atoms. The average molecular weight is 299 g/mol. The lowest BCUT2D eigenvalue weighted by molar-refractivity contribution is 0.0946. The van der Waals surface area contributed by atoms with Crippen molar-refractivity contribution in [1.29, 1.82) is 0 Å². The summed E-state index contributed by atoms with van der Waals surface area (Å²) in [5.41, 5.74) is 0.396. The van der Waals surface area contributed by atoms with Gasteiger partial charge in [0.05, 0.1) is 5.02 Å². The number of aromatic amines is 1. The molecule has 0 spiro atoms. The van der Waals surface area contributed by atoms with Crippen molar-refractivity contribution in [2.45, 2.75) is 18.9 Å². The van der Waals surface area contributed by atoms with E-state index in [1.165, 1.54) is 12.5 Å². The van der Waals surface area contributed by atoms with Crippen LogP contribution in [0.15, 0.2) is 6.07 Å². The number of carbonyl (C=O) groups is 1. The number of rotatable bonds is 3. The Bertz CT molecular complexity index is 369. The summed E-state index contributed by atoms with van der Waals surface area (Å²) in [6, 6.07) is 1.91. The zero-order chi connectivity index (χ0) is 11.5. The highest BCUT2D eigenvalue weighted by molar-refractivity contribution is 6.41. The normalized spacial score (nSPS) is 18.8. The van der Waals surface area contributed by atoms with Crippen molar-refractivity contribution in [1.82, 2.24) is 15.6 Å². The van der Waals surface area contributed by atoms with Gasteiger partial charge in [0.2, 0.25) is 0 Å². The molecule has 1 unspecified atom stereocenters. The molecule has 3 N–H and O–H groups in total. The second-order valence-electron chi connectivity index (χ2n) is 3.85. The number of halogens is 3. The van der Waals surface area contributed by atoms with Crippen LogP contribution < -0.4 is 10.6 Å². The fraction of sp³-hybridized carbons (Fsp3) is 0.500. The third kappa shape index (κ3) is 3.78. The third-order valence-electron chi connectivity index (χ3n) is 2.64. The average Bonchev–Trinajstić information content (AvgIpc) is 2.86. The SMILES string of the molecule is Cl.O=C(NCC1CCCN1)c1cc(Cl)c(Cl)[nH]1. The highest BCUT2D eigenvalue weighted by Crippen LogP contribution is 2.21. The summed E-state index contributed by atoms with van der Waals surface area (Å²) in [6.45, 7) is 1.66. The Morgan fingerprint density at radius 3 is 2.82 bits per heavy atom. The third-order valence-corrected chi connectivity index (χ3v) is 3.33. The Morgan fingerprint density at radius 2 is 2.29 bits per heavy atom. The van der Waals surface area contributed by atoms with E-state index < -0.39 is 0 Å². The minimum Gasteiger partial charge on any atom is -0.349 e. The van der Waals surface area contributed by atoms with Gasteiger partial charge in [0, 0.05) is 12.6 Å². The number of H-pyrrole nitrogens is 1. The van der Waals surface area contributed by atoms with E-state index in [2.05, 4.69) is 15.6 Å². The van der Waals surface area contributed by atoms with Crippen LogP contribution >= 0.6 is 35.6 Å². The van der Waals surface area contributed by atoms with Gasteiger partial charge in [-0.2, -0.15) is 0 Å². The molecule has 1 atom stereocenters. The molecule has 0 aliphatic carbocycles. The standard InChI is InChI=1S/C10H13Cl2N3O.ClH/c11-7-4-8(15-9(7)12)10(16)14-5-6-2-1-3-13-6;/h4,6,13,15H,1-3,5H2,(H,14,16);1H. The molecule has 0 saturated carbocycles. The van der Waals surface area contributed by atoms with Gasteiger partial charge >= 0.3 is 0 Å². The van der Waals surface area contributed by atoms with Gasteiger partial charge in [-0.05, 0) is 25.5 Å². The van der Waals surface area contributed by atoms with Gasteiger partial charge in [-0.3, -0.25) is 4.79 Å². The Morgan fingerprint density at radius 1 is 1.53 bits per heavy atom. The first-order valence-electron chi connectivity index (χ1n) is 5.22. The van der Waals surface area contributed by atoms with Crippen molar-refractivity contribution < 1.29 is 4.79 Å². The molecule has 4 nitrogen and oxygen atoms in total. The molecule has 1 aliphatic heterocycles. The summed E-state index contributed by atoms with van der Waals surface area (Å²) in [7, 11) is 0. The molecule has 0 radical (unpaired) electrons. The first-order valence-corrected chi connectivity index (χ1v) is 5.98. The first-order chi connectivity index (χ1) is 7.66. The molecular formula is C10H14Cl3N3O. The lowest BCUT2D eigenvalue weighted by Crippen LogP contribution is -2.37. The van der Waals surface area contributed by atoms with Crippen LogP contribution in [0.5, 0.6) is 0 Å². The molecule has 0 aromatic carbocycles. The van der Waals surface area contributed by atoms with E-state index in [-0.39, 0.29) is 18.3 Å². The van der Waals surface area contributed by atoms with Crippen molar-refractivity contribution in [3.8, 4) is 0 Å². The van der Waals surface area contributed by atoms with Crippen LogP contribution in [0.1, 0.15) is 23.3 Å². The summed E-state index contributed by atoms with van der Waals surface area (Å²) >= 11 is 11.5. The predicted molar refractivity (Wildman–Crippen MR) is 71.4 cm³/mol. The van der Waals surface area contributed by atoms with E-state index >= 15 is 0 Å². The number of carbonyl (C=O) groups excluding carboxylic acids is 1. The second kappa shape index (κ2) is 6.50. The van der Waals surface area contributed by atoms with E-state index in [1.54, 1.807) is 0 Å². The lowest BCUT2D eigenvalue weighted by Gasteiger charge is -2.10. The number of hydrogen-bond acceptors (Lipinski definition) is 2. The van der Waals surface area contributed by atoms with Crippen molar-refractivity contribution >= 4 is 41.5 Å². The Balaban J connectivity index is 0.00000144. The Labute approximate surface area is 116 Å². The number of nitrogens with one attached hydrogen (secondary N) is 3. The fourth-order valence-corrected chi connectivity index (χ4v) is 2.08. The number of aromatic nitrogens is 1. The maximum atomic E-state index is 11.7. The maximum absolute atomic E-state index is 11.7. The van der Waals surface area contributed by atoms with E-state index in [0.717, 1.165) is 13.0 Å².